The Bertz CT molecular complexity index is 354. The minimum atomic E-state index is -0.108. The molecule has 0 N–H and O–H groups in total. The number of hydrogen-bond donors (Lipinski definition) is 0. The van der Waals surface area contributed by atoms with E-state index in [-0.39, 0.29) is 5.78 Å². The third-order valence-electron chi connectivity index (χ3n) is 1.52. The van der Waals surface area contributed by atoms with Crippen LogP contribution in [0.3, 0.4) is 0 Å². The molecule has 0 spiro atoms. The van der Waals surface area contributed by atoms with Crippen molar-refractivity contribution < 1.29 is 4.79 Å². The molecular weight excluding hydrogens is 186 g/mol. The summed E-state index contributed by atoms with van der Waals surface area (Å²) in [4.78, 5) is 15.3. The van der Waals surface area contributed by atoms with Gasteiger partial charge in [-0.25, -0.2) is 0 Å². The third kappa shape index (κ3) is 2.57. The third-order valence-corrected chi connectivity index (χ3v) is 1.82. The second kappa shape index (κ2) is 4.64. The van der Waals surface area contributed by atoms with E-state index in [1.807, 2.05) is 0 Å². The van der Waals surface area contributed by atoms with E-state index in [1.54, 1.807) is 12.1 Å². The quantitative estimate of drug-likeness (QED) is 0.545. The van der Waals surface area contributed by atoms with Crippen LogP contribution in [0.1, 0.15) is 23.3 Å². The first-order chi connectivity index (χ1) is 6.25. The summed E-state index contributed by atoms with van der Waals surface area (Å²) < 4.78 is 0. The molecule has 0 bridgehead atoms. The lowest BCUT2D eigenvalue weighted by molar-refractivity contribution is 0.0979. The summed E-state index contributed by atoms with van der Waals surface area (Å²) >= 11 is 5.76. The van der Waals surface area contributed by atoms with Crippen LogP contribution in [0.4, 0.5) is 0 Å². The van der Waals surface area contributed by atoms with E-state index in [0.717, 1.165) is 0 Å². The normalized spacial score (nSPS) is 9.23. The van der Waals surface area contributed by atoms with Crippen LogP contribution in [0.2, 0.25) is 5.02 Å². The van der Waals surface area contributed by atoms with E-state index in [2.05, 4.69) is 10.9 Å². The first-order valence-corrected chi connectivity index (χ1v) is 4.20. The lowest BCUT2D eigenvalue weighted by Gasteiger charge is -1.98. The number of carbonyl (C=O) groups excluding carboxylic acids is 1. The maximum Gasteiger partial charge on any atom is 0.183 e. The largest absolute Gasteiger partial charge is 0.292 e. The molecule has 0 atom stereocenters. The molecule has 1 heterocycles. The van der Waals surface area contributed by atoms with E-state index in [9.17, 15) is 4.79 Å². The van der Waals surface area contributed by atoms with E-state index in [0.29, 0.717) is 23.6 Å². The van der Waals surface area contributed by atoms with Crippen molar-refractivity contribution in [3.05, 3.63) is 29.0 Å². The van der Waals surface area contributed by atoms with Gasteiger partial charge in [0, 0.05) is 19.0 Å². The molecule has 0 amide bonds. The second-order valence-corrected chi connectivity index (χ2v) is 2.87. The van der Waals surface area contributed by atoms with Gasteiger partial charge in [-0.05, 0) is 12.1 Å². The lowest BCUT2D eigenvalue weighted by Crippen LogP contribution is -2.01. The summed E-state index contributed by atoms with van der Waals surface area (Å²) in [5.41, 5.74) is 0.305. The Hall–Kier alpha value is -1.33. The maximum absolute atomic E-state index is 11.4. The van der Waals surface area contributed by atoms with Crippen LogP contribution in [0.25, 0.3) is 0 Å². The summed E-state index contributed by atoms with van der Waals surface area (Å²) in [5, 5.41) is 0.379. The molecule has 0 aliphatic carbocycles. The number of nitrogens with zero attached hydrogens (tertiary/aromatic N) is 1. The van der Waals surface area contributed by atoms with Crippen molar-refractivity contribution in [1.29, 1.82) is 0 Å². The van der Waals surface area contributed by atoms with Gasteiger partial charge in [0.25, 0.3) is 0 Å². The van der Waals surface area contributed by atoms with Gasteiger partial charge in [-0.15, -0.1) is 12.3 Å². The van der Waals surface area contributed by atoms with Crippen molar-refractivity contribution in [3.63, 3.8) is 0 Å². The van der Waals surface area contributed by atoms with Crippen LogP contribution >= 0.6 is 11.6 Å². The number of hydrogen-bond acceptors (Lipinski definition) is 2. The van der Waals surface area contributed by atoms with E-state index in [1.165, 1.54) is 6.20 Å². The summed E-state index contributed by atoms with van der Waals surface area (Å²) in [7, 11) is 0. The number of ketones is 1. The minimum Gasteiger partial charge on any atom is -0.292 e. The molecule has 66 valence electrons. The molecule has 0 unspecified atom stereocenters. The van der Waals surface area contributed by atoms with Crippen molar-refractivity contribution in [2.45, 2.75) is 12.8 Å². The van der Waals surface area contributed by atoms with Gasteiger partial charge in [-0.3, -0.25) is 9.78 Å². The van der Waals surface area contributed by atoms with Crippen LogP contribution in [0, 0.1) is 12.3 Å². The average Bonchev–Trinajstić information content (AvgIpc) is 2.15. The Labute approximate surface area is 81.9 Å². The number of aromatic nitrogens is 1. The Balaban J connectivity index is 2.78. The number of rotatable bonds is 3. The summed E-state index contributed by atoms with van der Waals surface area (Å²) in [6.45, 7) is 0. The average molecular weight is 194 g/mol. The van der Waals surface area contributed by atoms with Crippen molar-refractivity contribution in [1.82, 2.24) is 4.98 Å². The molecule has 0 saturated carbocycles. The van der Waals surface area contributed by atoms with Gasteiger partial charge in [-0.1, -0.05) is 11.6 Å². The summed E-state index contributed by atoms with van der Waals surface area (Å²) in [6, 6.07) is 3.32. The highest BCUT2D eigenvalue weighted by Gasteiger charge is 2.09. The number of pyridine rings is 1. The lowest BCUT2D eigenvalue weighted by atomic mass is 10.1. The molecule has 0 radical (unpaired) electrons. The highest BCUT2D eigenvalue weighted by Crippen LogP contribution is 2.14. The van der Waals surface area contributed by atoms with Gasteiger partial charge in [0.15, 0.2) is 5.78 Å². The molecule has 0 aliphatic heterocycles. The number of Topliss-reactive ketones (excluding diaryl/α,β-unsaturated/α-hetero) is 1. The SMILES string of the molecule is C#CCCC(=O)c1ncccc1Cl. The molecule has 13 heavy (non-hydrogen) atoms. The second-order valence-electron chi connectivity index (χ2n) is 2.46. The van der Waals surface area contributed by atoms with Crippen molar-refractivity contribution in [3.8, 4) is 12.3 Å². The van der Waals surface area contributed by atoms with Gasteiger partial charge in [0.05, 0.1) is 5.02 Å². The topological polar surface area (TPSA) is 30.0 Å². The molecule has 1 aromatic rings. The Kier molecular flexibility index (Phi) is 3.48. The highest BCUT2D eigenvalue weighted by molar-refractivity contribution is 6.33. The Morgan fingerprint density at radius 1 is 1.69 bits per heavy atom. The van der Waals surface area contributed by atoms with Crippen LogP contribution in [0.5, 0.6) is 0 Å². The molecule has 3 heteroatoms. The van der Waals surface area contributed by atoms with E-state index >= 15 is 0 Å². The molecule has 0 aliphatic rings. The first-order valence-electron chi connectivity index (χ1n) is 3.83. The maximum atomic E-state index is 11.4. The Morgan fingerprint density at radius 3 is 3.08 bits per heavy atom. The fourth-order valence-electron chi connectivity index (χ4n) is 0.895. The first kappa shape index (κ1) is 9.76. The predicted molar refractivity (Wildman–Crippen MR) is 51.6 cm³/mol. The molecule has 1 rings (SSSR count). The standard InChI is InChI=1S/C10H8ClNO/c1-2-3-6-9(13)10-8(11)5-4-7-12-10/h1,4-5,7H,3,6H2. The number of halogens is 1. The van der Waals surface area contributed by atoms with Crippen molar-refractivity contribution >= 4 is 17.4 Å². The fraction of sp³-hybridized carbons (Fsp3) is 0.200. The molecule has 2 nitrogen and oxygen atoms in total. The molecule has 0 fully saturated rings. The Morgan fingerprint density at radius 2 is 2.46 bits per heavy atom. The van der Waals surface area contributed by atoms with Gasteiger partial charge in [0.2, 0.25) is 0 Å². The van der Waals surface area contributed by atoms with Crippen molar-refractivity contribution in [2.24, 2.45) is 0 Å². The summed E-state index contributed by atoms with van der Waals surface area (Å²) in [6.07, 6.45) is 7.30. The zero-order valence-corrected chi connectivity index (χ0v) is 7.71. The monoisotopic (exact) mass is 193 g/mol. The van der Waals surface area contributed by atoms with Crippen LogP contribution in [0.15, 0.2) is 18.3 Å². The highest BCUT2D eigenvalue weighted by atomic mass is 35.5. The zero-order valence-electron chi connectivity index (χ0n) is 6.96. The fourth-order valence-corrected chi connectivity index (χ4v) is 1.12. The smallest absolute Gasteiger partial charge is 0.183 e. The molecular formula is C10H8ClNO. The van der Waals surface area contributed by atoms with Crippen LogP contribution in [-0.2, 0) is 0 Å². The van der Waals surface area contributed by atoms with E-state index < -0.39 is 0 Å². The van der Waals surface area contributed by atoms with Crippen molar-refractivity contribution in [2.75, 3.05) is 0 Å². The van der Waals surface area contributed by atoms with Crippen LogP contribution < -0.4 is 0 Å². The van der Waals surface area contributed by atoms with Gasteiger partial charge in [-0.2, -0.15) is 0 Å². The molecule has 1 aromatic heterocycles. The molecule has 0 aromatic carbocycles. The number of terminal acetylenes is 1. The van der Waals surface area contributed by atoms with Gasteiger partial charge < -0.3 is 0 Å². The molecule has 0 saturated heterocycles. The van der Waals surface area contributed by atoms with Crippen LogP contribution in [-0.4, -0.2) is 10.8 Å². The zero-order chi connectivity index (χ0) is 9.68. The minimum absolute atomic E-state index is 0.108. The van der Waals surface area contributed by atoms with Gasteiger partial charge >= 0.3 is 0 Å². The summed E-state index contributed by atoms with van der Waals surface area (Å²) in [5.74, 6) is 2.29. The van der Waals surface area contributed by atoms with E-state index in [4.69, 9.17) is 18.0 Å². The van der Waals surface area contributed by atoms with Gasteiger partial charge in [0.1, 0.15) is 5.69 Å². The predicted octanol–water partition coefficient (Wildman–Crippen LogP) is 2.33. The number of carbonyl (C=O) groups is 1.